The molecule has 1 aromatic heterocycles. The van der Waals surface area contributed by atoms with Crippen LogP contribution >= 0.6 is 34.9 Å². The van der Waals surface area contributed by atoms with Crippen LogP contribution in [0.15, 0.2) is 57.8 Å². The Hall–Kier alpha value is -2.03. The van der Waals surface area contributed by atoms with Crippen LogP contribution in [0.2, 0.25) is 0 Å². The van der Waals surface area contributed by atoms with Crippen molar-refractivity contribution in [2.24, 2.45) is 0 Å². The van der Waals surface area contributed by atoms with Crippen molar-refractivity contribution in [2.75, 3.05) is 23.9 Å². The maximum atomic E-state index is 11.9. The van der Waals surface area contributed by atoms with Crippen molar-refractivity contribution < 1.29 is 14.3 Å². The molecule has 0 bridgehead atoms. The average Bonchev–Trinajstić information content (AvgIpc) is 3.08. The van der Waals surface area contributed by atoms with Crippen LogP contribution in [0.5, 0.6) is 0 Å². The number of nitrogens with zero attached hydrogens (tertiary/aromatic N) is 1. The van der Waals surface area contributed by atoms with E-state index in [4.69, 9.17) is 4.74 Å². The maximum absolute atomic E-state index is 11.9. The molecule has 0 fully saturated rings. The highest BCUT2D eigenvalue weighted by Crippen LogP contribution is 2.29. The molecule has 0 aliphatic rings. The molecule has 0 aliphatic carbocycles. The molecule has 0 unspecified atom stereocenters. The molecule has 26 heavy (non-hydrogen) atoms. The lowest BCUT2D eigenvalue weighted by molar-refractivity contribution is -0.144. The van der Waals surface area contributed by atoms with Crippen LogP contribution in [0.4, 0.5) is 5.69 Å². The van der Waals surface area contributed by atoms with E-state index >= 15 is 0 Å². The SMILES string of the molecule is CSc1ccc(NC(=O)COC(=O)CSc2nc3ccccc3s2)cc1. The van der Waals surface area contributed by atoms with E-state index < -0.39 is 5.97 Å². The van der Waals surface area contributed by atoms with E-state index in [-0.39, 0.29) is 18.3 Å². The second-order valence-electron chi connectivity index (χ2n) is 5.17. The lowest BCUT2D eigenvalue weighted by Crippen LogP contribution is -2.21. The van der Waals surface area contributed by atoms with Gasteiger partial charge in [0.2, 0.25) is 0 Å². The molecule has 5 nitrogen and oxygen atoms in total. The van der Waals surface area contributed by atoms with Gasteiger partial charge in [-0.2, -0.15) is 0 Å². The van der Waals surface area contributed by atoms with Gasteiger partial charge in [-0.3, -0.25) is 9.59 Å². The van der Waals surface area contributed by atoms with E-state index in [0.29, 0.717) is 5.69 Å². The molecule has 1 N–H and O–H groups in total. The van der Waals surface area contributed by atoms with Crippen molar-refractivity contribution >= 4 is 62.6 Å². The smallest absolute Gasteiger partial charge is 0.316 e. The lowest BCUT2D eigenvalue weighted by atomic mass is 10.3. The Labute approximate surface area is 163 Å². The lowest BCUT2D eigenvalue weighted by Gasteiger charge is -2.06. The van der Waals surface area contributed by atoms with Gasteiger partial charge in [0.25, 0.3) is 5.91 Å². The Kier molecular flexibility index (Phi) is 6.54. The predicted octanol–water partition coefficient (Wildman–Crippen LogP) is 4.29. The number of fused-ring (bicyclic) bond motifs is 1. The number of esters is 1. The Morgan fingerprint density at radius 3 is 2.65 bits per heavy atom. The topological polar surface area (TPSA) is 68.3 Å². The average molecular weight is 405 g/mol. The summed E-state index contributed by atoms with van der Waals surface area (Å²) in [5, 5.41) is 2.70. The predicted molar refractivity (Wildman–Crippen MR) is 108 cm³/mol. The number of thioether (sulfide) groups is 2. The summed E-state index contributed by atoms with van der Waals surface area (Å²) in [5.74, 6) is -0.683. The van der Waals surface area contributed by atoms with Gasteiger partial charge < -0.3 is 10.1 Å². The molecule has 3 rings (SSSR count). The third-order valence-electron chi connectivity index (χ3n) is 3.33. The summed E-state index contributed by atoms with van der Waals surface area (Å²) in [6.45, 7) is -0.302. The van der Waals surface area contributed by atoms with Gasteiger partial charge in [-0.15, -0.1) is 23.1 Å². The second kappa shape index (κ2) is 9.07. The van der Waals surface area contributed by atoms with Crippen molar-refractivity contribution in [3.63, 3.8) is 0 Å². The number of benzene rings is 2. The number of para-hydroxylation sites is 1. The number of anilines is 1. The van der Waals surface area contributed by atoms with Crippen LogP contribution in [0.25, 0.3) is 10.2 Å². The molecule has 0 aliphatic heterocycles. The largest absolute Gasteiger partial charge is 0.455 e. The molecular weight excluding hydrogens is 388 g/mol. The fraction of sp³-hybridized carbons (Fsp3) is 0.167. The molecule has 2 aromatic carbocycles. The van der Waals surface area contributed by atoms with Gasteiger partial charge in [-0.25, -0.2) is 4.98 Å². The van der Waals surface area contributed by atoms with Crippen LogP contribution in [0.3, 0.4) is 0 Å². The highest BCUT2D eigenvalue weighted by molar-refractivity contribution is 8.01. The molecule has 8 heteroatoms. The van der Waals surface area contributed by atoms with Crippen molar-refractivity contribution in [1.29, 1.82) is 0 Å². The highest BCUT2D eigenvalue weighted by atomic mass is 32.2. The minimum atomic E-state index is -0.442. The summed E-state index contributed by atoms with van der Waals surface area (Å²) in [7, 11) is 0. The molecule has 0 atom stereocenters. The molecule has 0 spiro atoms. The zero-order chi connectivity index (χ0) is 18.4. The quantitative estimate of drug-likeness (QED) is 0.468. The number of rotatable bonds is 7. The minimum absolute atomic E-state index is 0.121. The first kappa shape index (κ1) is 18.8. The van der Waals surface area contributed by atoms with Gasteiger partial charge in [-0.1, -0.05) is 23.9 Å². The number of amides is 1. The number of ether oxygens (including phenoxy) is 1. The molecule has 0 radical (unpaired) electrons. The van der Waals surface area contributed by atoms with Gasteiger partial charge >= 0.3 is 5.97 Å². The number of hydrogen-bond acceptors (Lipinski definition) is 7. The zero-order valence-corrected chi connectivity index (χ0v) is 16.4. The monoisotopic (exact) mass is 404 g/mol. The minimum Gasteiger partial charge on any atom is -0.455 e. The van der Waals surface area contributed by atoms with Gasteiger partial charge in [0.1, 0.15) is 0 Å². The summed E-state index contributed by atoms with van der Waals surface area (Å²) in [4.78, 5) is 29.2. The molecule has 0 saturated carbocycles. The zero-order valence-electron chi connectivity index (χ0n) is 13.9. The third kappa shape index (κ3) is 5.23. The molecule has 3 aromatic rings. The van der Waals surface area contributed by atoms with Crippen molar-refractivity contribution in [3.05, 3.63) is 48.5 Å². The normalized spacial score (nSPS) is 10.7. The molecular formula is C18H16N2O3S3. The fourth-order valence-corrected chi connectivity index (χ4v) is 4.37. The van der Waals surface area contributed by atoms with E-state index in [9.17, 15) is 9.59 Å². The first-order valence-electron chi connectivity index (χ1n) is 7.72. The Morgan fingerprint density at radius 2 is 1.92 bits per heavy atom. The molecule has 0 saturated heterocycles. The van der Waals surface area contributed by atoms with Crippen LogP contribution < -0.4 is 5.32 Å². The second-order valence-corrected chi connectivity index (χ2v) is 8.31. The van der Waals surface area contributed by atoms with Crippen molar-refractivity contribution in [3.8, 4) is 0 Å². The van der Waals surface area contributed by atoms with Crippen LogP contribution in [-0.4, -0.2) is 35.5 Å². The van der Waals surface area contributed by atoms with Crippen molar-refractivity contribution in [2.45, 2.75) is 9.24 Å². The standard InChI is InChI=1S/C18H16N2O3S3/c1-24-13-8-6-12(7-9-13)19-16(21)10-23-17(22)11-25-18-20-14-4-2-3-5-15(14)26-18/h2-9H,10-11H2,1H3,(H,19,21). The van der Waals surface area contributed by atoms with Gasteiger partial charge in [0.05, 0.1) is 16.0 Å². The third-order valence-corrected chi connectivity index (χ3v) is 6.22. The Morgan fingerprint density at radius 1 is 1.15 bits per heavy atom. The van der Waals surface area contributed by atoms with E-state index in [1.165, 1.54) is 23.1 Å². The summed E-state index contributed by atoms with van der Waals surface area (Å²) in [6, 6.07) is 15.3. The van der Waals surface area contributed by atoms with E-state index in [2.05, 4.69) is 10.3 Å². The van der Waals surface area contributed by atoms with Crippen LogP contribution in [0.1, 0.15) is 0 Å². The summed E-state index contributed by atoms with van der Waals surface area (Å²) >= 11 is 4.47. The first-order chi connectivity index (χ1) is 12.6. The number of carbonyl (C=O) groups is 2. The van der Waals surface area contributed by atoms with Crippen LogP contribution in [0, 0.1) is 0 Å². The molecule has 1 amide bonds. The molecule has 1 heterocycles. The number of hydrogen-bond donors (Lipinski definition) is 1. The van der Waals surface area contributed by atoms with Gasteiger partial charge in [0, 0.05) is 10.6 Å². The van der Waals surface area contributed by atoms with Gasteiger partial charge in [0.15, 0.2) is 10.9 Å². The highest BCUT2D eigenvalue weighted by Gasteiger charge is 2.11. The number of carbonyl (C=O) groups excluding carboxylic acids is 2. The van der Waals surface area contributed by atoms with E-state index in [1.807, 2.05) is 54.8 Å². The van der Waals surface area contributed by atoms with Gasteiger partial charge in [-0.05, 0) is 42.7 Å². The fourth-order valence-electron chi connectivity index (χ4n) is 2.09. The maximum Gasteiger partial charge on any atom is 0.316 e. The van der Waals surface area contributed by atoms with E-state index in [1.54, 1.807) is 11.8 Å². The Balaban J connectivity index is 1.42. The summed E-state index contributed by atoms with van der Waals surface area (Å²) < 4.78 is 6.90. The summed E-state index contributed by atoms with van der Waals surface area (Å²) in [5.41, 5.74) is 1.59. The summed E-state index contributed by atoms with van der Waals surface area (Å²) in [6.07, 6.45) is 1.99. The molecule has 134 valence electrons. The number of nitrogens with one attached hydrogen (secondary N) is 1. The van der Waals surface area contributed by atoms with Crippen LogP contribution in [-0.2, 0) is 14.3 Å². The first-order valence-corrected chi connectivity index (χ1v) is 10.7. The Bertz CT molecular complexity index is 876. The number of thiazole rings is 1. The van der Waals surface area contributed by atoms with Crippen molar-refractivity contribution in [1.82, 2.24) is 4.98 Å². The van der Waals surface area contributed by atoms with E-state index in [0.717, 1.165) is 19.5 Å². The number of aromatic nitrogens is 1.